The lowest BCUT2D eigenvalue weighted by Gasteiger charge is -2.49. The molecule has 0 radical (unpaired) electrons. The third-order valence-electron chi connectivity index (χ3n) is 10.1. The van der Waals surface area contributed by atoms with E-state index in [0.717, 1.165) is 7.11 Å². The number of nitrogens with one attached hydrogen (secondary N) is 2. The molecule has 3 aromatic rings. The predicted molar refractivity (Wildman–Crippen MR) is 254 cm³/mol. The zero-order valence-corrected chi connectivity index (χ0v) is 42.5. The van der Waals surface area contributed by atoms with E-state index in [-0.39, 0.29) is 23.1 Å². The maximum atomic E-state index is 14.1. The van der Waals surface area contributed by atoms with Crippen LogP contribution in [0, 0.1) is 5.41 Å². The number of alkyl halides is 7. The predicted octanol–water partition coefficient (Wildman–Crippen LogP) is 5.95. The molecule has 1 amide bonds. The molecule has 0 aliphatic carbocycles. The number of rotatable bonds is 18. The van der Waals surface area contributed by atoms with E-state index in [1.54, 1.807) is 18.2 Å². The molecule has 0 unspecified atom stereocenters. The Labute approximate surface area is 444 Å². The van der Waals surface area contributed by atoms with Crippen molar-refractivity contribution in [3.63, 3.8) is 0 Å². The van der Waals surface area contributed by atoms with Crippen molar-refractivity contribution in [2.75, 3.05) is 19.6 Å². The fourth-order valence-corrected chi connectivity index (χ4v) is 7.16. The number of halogens is 7. The van der Waals surface area contributed by atoms with Gasteiger partial charge in [-0.05, 0) is 43.3 Å². The number of ketones is 1. The lowest BCUT2D eigenvalue weighted by atomic mass is 9.94. The quantitative estimate of drug-likeness (QED) is 0.0490. The van der Waals surface area contributed by atoms with E-state index in [0.29, 0.717) is 0 Å². The number of ether oxygens (including phenoxy) is 10. The number of Topliss-reactive ketones (excluding diaryl/α,β-unsaturated/α-hetero) is 1. The second kappa shape index (κ2) is 26.3. The lowest BCUT2D eigenvalue weighted by Crippen LogP contribution is -2.70. The van der Waals surface area contributed by atoms with Crippen LogP contribution in [0.3, 0.4) is 0 Å². The Morgan fingerprint density at radius 3 is 1.60 bits per heavy atom. The SMILES string of the molecule is COC(=O)[C@H]1O[C@@H](O[C@@H]2[C@@H](NC(=O)C(Cl)(Cl)Cl)[C@@H](OC(=N)C(Cl)(Cl)Cl)O[C@H](COC(=O)c3ccccc3)[C@@H]2OC(=O)CCl)[C@H](OC(=O)c2ccccc2)[C@@H](OC(=O)c2ccccc2)[C@@H]1OC(=O)CCC(C)=O. The van der Waals surface area contributed by atoms with Crippen LogP contribution >= 0.6 is 81.2 Å². The van der Waals surface area contributed by atoms with Crippen molar-refractivity contribution < 1.29 is 85.7 Å². The van der Waals surface area contributed by atoms with E-state index in [1.165, 1.54) is 79.7 Å². The van der Waals surface area contributed by atoms with Crippen molar-refractivity contribution in [3.8, 4) is 0 Å². The average Bonchev–Trinajstić information content (AvgIpc) is 3.35. The molecule has 2 aliphatic heterocycles. The highest BCUT2D eigenvalue weighted by Crippen LogP contribution is 2.38. The number of carbonyl (C=O) groups is 8. The number of benzene rings is 3. The largest absolute Gasteiger partial charge is 0.467 e. The summed E-state index contributed by atoms with van der Waals surface area (Å²) in [5.74, 6) is -10.8. The van der Waals surface area contributed by atoms with Crippen LogP contribution in [0.5, 0.6) is 0 Å². The van der Waals surface area contributed by atoms with Gasteiger partial charge in [-0.25, -0.2) is 19.2 Å². The summed E-state index contributed by atoms with van der Waals surface area (Å²) in [5, 5.41) is 10.7. The van der Waals surface area contributed by atoms with E-state index in [1.807, 2.05) is 0 Å². The van der Waals surface area contributed by atoms with Crippen LogP contribution in [0.25, 0.3) is 0 Å². The molecule has 3 aromatic carbocycles. The smallest absolute Gasteiger partial charge is 0.339 e. The third-order valence-corrected chi connectivity index (χ3v) is 11.4. The third kappa shape index (κ3) is 16.0. The molecule has 2 saturated heterocycles. The van der Waals surface area contributed by atoms with Crippen LogP contribution in [-0.4, -0.2) is 142 Å². The van der Waals surface area contributed by atoms with Crippen molar-refractivity contribution >= 4 is 135 Å². The minimum absolute atomic E-state index is 0.0363. The van der Waals surface area contributed by atoms with Gasteiger partial charge in [0.2, 0.25) is 12.2 Å². The fourth-order valence-electron chi connectivity index (χ4n) is 6.80. The highest BCUT2D eigenvalue weighted by Gasteiger charge is 2.60. The molecule has 2 fully saturated rings. The number of carbonyl (C=O) groups excluding carboxylic acids is 8. The summed E-state index contributed by atoms with van der Waals surface area (Å²) in [6.45, 7) is 0.322. The van der Waals surface area contributed by atoms with Crippen LogP contribution in [-0.2, 0) is 71.3 Å². The summed E-state index contributed by atoms with van der Waals surface area (Å²) in [5.41, 5.74) is -0.197. The Hall–Kier alpha value is -5.00. The van der Waals surface area contributed by atoms with Crippen LogP contribution in [0.4, 0.5) is 0 Å². The summed E-state index contributed by atoms with van der Waals surface area (Å²) >= 11 is 41.9. The van der Waals surface area contributed by atoms with Crippen molar-refractivity contribution in [3.05, 3.63) is 108 Å². The Bertz CT molecular complexity index is 2430. The van der Waals surface area contributed by atoms with Gasteiger partial charge in [-0.15, -0.1) is 11.6 Å². The molecule has 27 heteroatoms. The first-order chi connectivity index (χ1) is 34.0. The molecule has 2 aliphatic rings. The van der Waals surface area contributed by atoms with Crippen molar-refractivity contribution in [1.82, 2.24) is 5.32 Å². The molecular weight excluding hydrogens is 1100 g/mol. The lowest BCUT2D eigenvalue weighted by molar-refractivity contribution is -0.335. The van der Waals surface area contributed by atoms with Crippen LogP contribution < -0.4 is 5.32 Å². The molecule has 0 spiro atoms. The Morgan fingerprint density at radius 2 is 1.11 bits per heavy atom. The summed E-state index contributed by atoms with van der Waals surface area (Å²) < 4.78 is 52.9. The van der Waals surface area contributed by atoms with Gasteiger partial charge in [0.05, 0.1) is 30.2 Å². The second-order valence-electron chi connectivity index (χ2n) is 15.2. The standard InChI is InChI=1S/C45H41Cl7N2O18/c1-22(55)18-19-27(56)66-32-33(68-37(59)24-14-8-4-9-15-24)35(69-38(60)25-16-10-5-11-17-25)41(71-34(32)39(61)63-2)70-31-29(54-43(62)45(50,51)52)40(72-42(53)44(47,48)49)65-26(30(31)67-28(57)20-46)21-64-36(58)23-12-6-3-7-13-23/h3-17,26,29-35,40-41,53H,18-21H2,1-2H3,(H,54,62)/t26-,29-,30+,31-,32+,33+,34+,35-,40-,41-/m1/s1. The van der Waals surface area contributed by atoms with Gasteiger partial charge in [0, 0.05) is 6.42 Å². The molecule has 0 saturated carbocycles. The number of methoxy groups -OCH3 is 1. The van der Waals surface area contributed by atoms with Crippen molar-refractivity contribution in [2.45, 2.75) is 88.7 Å². The maximum absolute atomic E-state index is 14.1. The molecule has 2 N–H and O–H groups in total. The maximum Gasteiger partial charge on any atom is 0.339 e. The molecule has 2 heterocycles. The molecule has 0 bridgehead atoms. The molecule has 10 atom stereocenters. The molecular formula is C45H41Cl7N2O18. The van der Waals surface area contributed by atoms with Gasteiger partial charge in [-0.3, -0.25) is 19.8 Å². The molecule has 0 aromatic heterocycles. The first kappa shape index (κ1) is 57.9. The van der Waals surface area contributed by atoms with Crippen LogP contribution in [0.2, 0.25) is 0 Å². The number of esters is 6. The Morgan fingerprint density at radius 1 is 0.597 bits per heavy atom. The van der Waals surface area contributed by atoms with Crippen LogP contribution in [0.15, 0.2) is 91.0 Å². The monoisotopic (exact) mass is 1140 g/mol. The van der Waals surface area contributed by atoms with Gasteiger partial charge in [-0.1, -0.05) is 124 Å². The summed E-state index contributed by atoms with van der Waals surface area (Å²) in [4.78, 5) is 108. The first-order valence-electron chi connectivity index (χ1n) is 20.9. The van der Waals surface area contributed by atoms with E-state index < -0.39 is 141 Å². The van der Waals surface area contributed by atoms with Crippen LogP contribution in [0.1, 0.15) is 50.8 Å². The van der Waals surface area contributed by atoms with Gasteiger partial charge in [-0.2, -0.15) is 0 Å². The minimum Gasteiger partial charge on any atom is -0.467 e. The van der Waals surface area contributed by atoms with Gasteiger partial charge < -0.3 is 57.5 Å². The molecule has 388 valence electrons. The van der Waals surface area contributed by atoms with Gasteiger partial charge in [0.1, 0.15) is 36.5 Å². The van der Waals surface area contributed by atoms with E-state index >= 15 is 0 Å². The molecule has 5 rings (SSSR count). The van der Waals surface area contributed by atoms with Crippen molar-refractivity contribution in [1.29, 1.82) is 5.41 Å². The topological polar surface area (TPSA) is 265 Å². The average molecular weight is 1150 g/mol. The summed E-state index contributed by atoms with van der Waals surface area (Å²) in [6, 6.07) is 19.8. The summed E-state index contributed by atoms with van der Waals surface area (Å²) in [6.07, 6.45) is -20.0. The van der Waals surface area contributed by atoms with E-state index in [4.69, 9.17) is 134 Å². The molecule has 20 nitrogen and oxygen atoms in total. The van der Waals surface area contributed by atoms with Gasteiger partial charge in [0.25, 0.3) is 13.5 Å². The highest BCUT2D eigenvalue weighted by molar-refractivity contribution is 6.76. The number of hydrogen-bond donors (Lipinski definition) is 2. The summed E-state index contributed by atoms with van der Waals surface area (Å²) in [7, 11) is 0.911. The van der Waals surface area contributed by atoms with Crippen molar-refractivity contribution in [2.24, 2.45) is 0 Å². The Balaban J connectivity index is 1.75. The van der Waals surface area contributed by atoms with E-state index in [2.05, 4.69) is 5.32 Å². The van der Waals surface area contributed by atoms with Gasteiger partial charge in [0.15, 0.2) is 36.8 Å². The number of hydrogen-bond acceptors (Lipinski definition) is 19. The first-order valence-corrected chi connectivity index (χ1v) is 23.7. The Kier molecular flexibility index (Phi) is 21.1. The zero-order valence-electron chi connectivity index (χ0n) is 37.3. The number of amides is 1. The second-order valence-corrected chi connectivity index (χ2v) is 20.0. The van der Waals surface area contributed by atoms with E-state index in [9.17, 15) is 38.4 Å². The fraction of sp³-hybridized carbons (Fsp3) is 0.400. The highest BCUT2D eigenvalue weighted by atomic mass is 35.6. The van der Waals surface area contributed by atoms with Gasteiger partial charge >= 0.3 is 35.8 Å². The normalized spacial score (nSPS) is 24.0. The minimum atomic E-state index is -2.82. The molecule has 72 heavy (non-hydrogen) atoms. The zero-order chi connectivity index (χ0) is 52.9.